The maximum atomic E-state index is 5.98. The van der Waals surface area contributed by atoms with Crippen LogP contribution in [-0.2, 0) is 0 Å². The molecule has 6 nitrogen and oxygen atoms in total. The van der Waals surface area contributed by atoms with Gasteiger partial charge in [0.1, 0.15) is 5.02 Å². The SMILES string of the molecule is NNc1ncc(Cl)c(NCCN2CCCC2)n1. The fourth-order valence-corrected chi connectivity index (χ4v) is 2.06. The lowest BCUT2D eigenvalue weighted by Gasteiger charge is -2.15. The van der Waals surface area contributed by atoms with Gasteiger partial charge < -0.3 is 10.2 Å². The fraction of sp³-hybridized carbons (Fsp3) is 0.600. The number of hydrogen-bond acceptors (Lipinski definition) is 6. The molecule has 4 N–H and O–H groups in total. The molecule has 17 heavy (non-hydrogen) atoms. The smallest absolute Gasteiger partial charge is 0.239 e. The Morgan fingerprint density at radius 1 is 1.41 bits per heavy atom. The Morgan fingerprint density at radius 3 is 2.88 bits per heavy atom. The highest BCUT2D eigenvalue weighted by Crippen LogP contribution is 2.18. The fourth-order valence-electron chi connectivity index (χ4n) is 1.90. The molecule has 0 aromatic carbocycles. The van der Waals surface area contributed by atoms with E-state index in [1.807, 2.05) is 0 Å². The maximum Gasteiger partial charge on any atom is 0.239 e. The van der Waals surface area contributed by atoms with Crippen molar-refractivity contribution in [1.29, 1.82) is 0 Å². The van der Waals surface area contributed by atoms with Crippen LogP contribution < -0.4 is 16.6 Å². The minimum Gasteiger partial charge on any atom is -0.367 e. The molecule has 0 bridgehead atoms. The molecule has 94 valence electrons. The third-order valence-corrected chi connectivity index (χ3v) is 3.07. The molecular weight excluding hydrogens is 240 g/mol. The van der Waals surface area contributed by atoms with E-state index in [1.54, 1.807) is 0 Å². The van der Waals surface area contributed by atoms with Crippen LogP contribution in [0.3, 0.4) is 0 Å². The monoisotopic (exact) mass is 256 g/mol. The highest BCUT2D eigenvalue weighted by molar-refractivity contribution is 6.32. The highest BCUT2D eigenvalue weighted by Gasteiger charge is 2.11. The van der Waals surface area contributed by atoms with Crippen molar-refractivity contribution < 1.29 is 0 Å². The predicted octanol–water partition coefficient (Wildman–Crippen LogP) is 0.923. The third-order valence-electron chi connectivity index (χ3n) is 2.79. The molecule has 2 heterocycles. The van der Waals surface area contributed by atoms with Crippen molar-refractivity contribution in [3.8, 4) is 0 Å². The second-order valence-electron chi connectivity index (χ2n) is 4.01. The summed E-state index contributed by atoms with van der Waals surface area (Å²) < 4.78 is 0. The maximum absolute atomic E-state index is 5.98. The molecule has 0 aliphatic carbocycles. The van der Waals surface area contributed by atoms with Gasteiger partial charge in [-0.2, -0.15) is 4.98 Å². The zero-order valence-corrected chi connectivity index (χ0v) is 10.4. The molecule has 0 atom stereocenters. The van der Waals surface area contributed by atoms with E-state index in [4.69, 9.17) is 17.4 Å². The van der Waals surface area contributed by atoms with Crippen LogP contribution in [0.15, 0.2) is 6.20 Å². The Morgan fingerprint density at radius 2 is 2.18 bits per heavy atom. The summed E-state index contributed by atoms with van der Waals surface area (Å²) in [6.45, 7) is 4.20. The summed E-state index contributed by atoms with van der Waals surface area (Å²) in [6, 6.07) is 0. The number of halogens is 1. The quantitative estimate of drug-likeness (QED) is 0.537. The molecule has 0 radical (unpaired) electrons. The third kappa shape index (κ3) is 3.42. The summed E-state index contributed by atoms with van der Waals surface area (Å²) in [4.78, 5) is 10.5. The Balaban J connectivity index is 1.84. The number of aromatic nitrogens is 2. The van der Waals surface area contributed by atoms with Gasteiger partial charge >= 0.3 is 0 Å². The van der Waals surface area contributed by atoms with Crippen LogP contribution in [0.2, 0.25) is 5.02 Å². The van der Waals surface area contributed by atoms with E-state index >= 15 is 0 Å². The first-order chi connectivity index (χ1) is 8.29. The minimum absolute atomic E-state index is 0.359. The molecule has 1 aromatic rings. The van der Waals surface area contributed by atoms with E-state index in [1.165, 1.54) is 32.1 Å². The number of anilines is 2. The van der Waals surface area contributed by atoms with Crippen LogP contribution in [0.25, 0.3) is 0 Å². The van der Waals surface area contributed by atoms with Crippen molar-refractivity contribution in [2.75, 3.05) is 36.9 Å². The molecule has 0 spiro atoms. The molecule has 1 aromatic heterocycles. The molecule has 1 aliphatic heterocycles. The minimum atomic E-state index is 0.359. The van der Waals surface area contributed by atoms with Crippen LogP contribution >= 0.6 is 11.6 Å². The molecular formula is C10H17ClN6. The zero-order valence-electron chi connectivity index (χ0n) is 9.62. The van der Waals surface area contributed by atoms with Gasteiger partial charge in [-0.1, -0.05) is 11.6 Å². The van der Waals surface area contributed by atoms with Gasteiger partial charge in [0.05, 0.1) is 6.20 Å². The van der Waals surface area contributed by atoms with Crippen molar-refractivity contribution in [2.24, 2.45) is 5.84 Å². The number of nitrogens with zero attached hydrogens (tertiary/aromatic N) is 3. The highest BCUT2D eigenvalue weighted by atomic mass is 35.5. The van der Waals surface area contributed by atoms with Gasteiger partial charge in [-0.15, -0.1) is 0 Å². The van der Waals surface area contributed by atoms with Crippen molar-refractivity contribution in [2.45, 2.75) is 12.8 Å². The van der Waals surface area contributed by atoms with Gasteiger partial charge in [0.25, 0.3) is 0 Å². The van der Waals surface area contributed by atoms with E-state index < -0.39 is 0 Å². The van der Waals surface area contributed by atoms with E-state index in [0.717, 1.165) is 13.1 Å². The van der Waals surface area contributed by atoms with Gasteiger partial charge in [0, 0.05) is 13.1 Å². The van der Waals surface area contributed by atoms with Gasteiger partial charge in [0.15, 0.2) is 5.82 Å². The number of hydrazine groups is 1. The van der Waals surface area contributed by atoms with Crippen LogP contribution in [-0.4, -0.2) is 41.0 Å². The lowest BCUT2D eigenvalue weighted by atomic mass is 10.4. The molecule has 2 rings (SSSR count). The topological polar surface area (TPSA) is 79.1 Å². The standard InChI is InChI=1S/C10H17ClN6/c11-8-7-14-10(16-12)15-9(8)13-3-6-17-4-1-2-5-17/h7H,1-6,12H2,(H2,13,14,15,16). The number of hydrogen-bond donors (Lipinski definition) is 3. The molecule has 0 amide bonds. The van der Waals surface area contributed by atoms with Gasteiger partial charge in [-0.05, 0) is 25.9 Å². The number of nitrogen functional groups attached to an aromatic ring is 1. The summed E-state index contributed by atoms with van der Waals surface area (Å²) in [6.07, 6.45) is 4.13. The molecule has 1 saturated heterocycles. The number of likely N-dealkylation sites (tertiary alicyclic amines) is 1. The first kappa shape index (κ1) is 12.3. The van der Waals surface area contributed by atoms with Crippen molar-refractivity contribution in [3.63, 3.8) is 0 Å². The molecule has 0 saturated carbocycles. The lowest BCUT2D eigenvalue weighted by molar-refractivity contribution is 0.352. The Labute approximate surface area is 106 Å². The van der Waals surface area contributed by atoms with Crippen LogP contribution in [0.5, 0.6) is 0 Å². The van der Waals surface area contributed by atoms with Crippen LogP contribution in [0.1, 0.15) is 12.8 Å². The Kier molecular flexibility index (Phi) is 4.36. The van der Waals surface area contributed by atoms with E-state index in [-0.39, 0.29) is 0 Å². The number of rotatable bonds is 5. The van der Waals surface area contributed by atoms with Crippen molar-refractivity contribution in [3.05, 3.63) is 11.2 Å². The number of nitrogens with two attached hydrogens (primary N) is 1. The molecule has 7 heteroatoms. The van der Waals surface area contributed by atoms with Crippen molar-refractivity contribution in [1.82, 2.24) is 14.9 Å². The van der Waals surface area contributed by atoms with Gasteiger partial charge in [-0.25, -0.2) is 10.8 Å². The summed E-state index contributed by atoms with van der Waals surface area (Å²) in [7, 11) is 0. The zero-order chi connectivity index (χ0) is 12.1. The summed E-state index contributed by atoms with van der Waals surface area (Å²) in [5, 5.41) is 3.70. The number of nitrogens with one attached hydrogen (secondary N) is 2. The lowest BCUT2D eigenvalue weighted by Crippen LogP contribution is -2.26. The van der Waals surface area contributed by atoms with Gasteiger partial charge in [0.2, 0.25) is 5.95 Å². The first-order valence-electron chi connectivity index (χ1n) is 5.75. The summed E-state index contributed by atoms with van der Waals surface area (Å²) >= 11 is 5.98. The van der Waals surface area contributed by atoms with Gasteiger partial charge in [-0.3, -0.25) is 5.43 Å². The van der Waals surface area contributed by atoms with Crippen molar-refractivity contribution >= 4 is 23.4 Å². The average Bonchev–Trinajstić information content (AvgIpc) is 2.84. The summed E-state index contributed by atoms with van der Waals surface area (Å²) in [5.41, 5.74) is 2.39. The van der Waals surface area contributed by atoms with Crippen LogP contribution in [0.4, 0.5) is 11.8 Å². The average molecular weight is 257 g/mol. The summed E-state index contributed by atoms with van der Waals surface area (Å²) in [5.74, 6) is 6.22. The Hall–Kier alpha value is -1.11. The molecule has 1 aliphatic rings. The normalized spacial score (nSPS) is 16.1. The second-order valence-corrected chi connectivity index (χ2v) is 4.42. The van der Waals surface area contributed by atoms with E-state index in [0.29, 0.717) is 16.8 Å². The largest absolute Gasteiger partial charge is 0.367 e. The first-order valence-corrected chi connectivity index (χ1v) is 6.13. The Bertz CT molecular complexity index is 366. The second kappa shape index (κ2) is 6.00. The van der Waals surface area contributed by atoms with E-state index in [2.05, 4.69) is 25.6 Å². The van der Waals surface area contributed by atoms with Crippen LogP contribution in [0, 0.1) is 0 Å². The molecule has 1 fully saturated rings. The molecule has 0 unspecified atom stereocenters. The predicted molar refractivity (Wildman–Crippen MR) is 69.0 cm³/mol. The van der Waals surface area contributed by atoms with E-state index in [9.17, 15) is 0 Å².